The summed E-state index contributed by atoms with van der Waals surface area (Å²) in [5.41, 5.74) is 0. The van der Waals surface area contributed by atoms with Crippen molar-refractivity contribution in [2.24, 2.45) is 0 Å². The highest BCUT2D eigenvalue weighted by Gasteiger charge is 2.10. The molecule has 6 heteroatoms. The van der Waals surface area contributed by atoms with E-state index in [2.05, 4.69) is 20.5 Å². The standard InChI is InChI=1S/C6H8N4O2/c1-4(5(11)12)9-6-7-2-3-8-10-6/h2-4H,1H3,(H,11,12)(H,7,9,10). The van der Waals surface area contributed by atoms with Gasteiger partial charge >= 0.3 is 5.97 Å². The zero-order valence-corrected chi connectivity index (χ0v) is 6.43. The van der Waals surface area contributed by atoms with E-state index in [0.29, 0.717) is 0 Å². The molecule has 1 unspecified atom stereocenters. The maximum absolute atomic E-state index is 10.4. The molecule has 1 heterocycles. The molecule has 1 aromatic heterocycles. The Morgan fingerprint density at radius 3 is 2.92 bits per heavy atom. The summed E-state index contributed by atoms with van der Waals surface area (Å²) in [6.07, 6.45) is 2.85. The summed E-state index contributed by atoms with van der Waals surface area (Å²) in [4.78, 5) is 14.1. The van der Waals surface area contributed by atoms with Crippen LogP contribution in [-0.4, -0.2) is 32.3 Å². The Labute approximate surface area is 68.7 Å². The van der Waals surface area contributed by atoms with Crippen molar-refractivity contribution >= 4 is 11.9 Å². The second kappa shape index (κ2) is 3.61. The van der Waals surface area contributed by atoms with Crippen LogP contribution in [0, 0.1) is 0 Å². The van der Waals surface area contributed by atoms with Crippen molar-refractivity contribution < 1.29 is 9.90 Å². The van der Waals surface area contributed by atoms with E-state index < -0.39 is 12.0 Å². The van der Waals surface area contributed by atoms with Gasteiger partial charge in [0.2, 0.25) is 5.95 Å². The number of aliphatic carboxylic acids is 1. The molecule has 6 nitrogen and oxygen atoms in total. The Morgan fingerprint density at radius 2 is 2.42 bits per heavy atom. The normalized spacial score (nSPS) is 12.1. The molecule has 0 fully saturated rings. The van der Waals surface area contributed by atoms with Gasteiger partial charge in [0.25, 0.3) is 0 Å². The first-order valence-electron chi connectivity index (χ1n) is 3.33. The number of nitrogens with one attached hydrogen (secondary N) is 1. The maximum Gasteiger partial charge on any atom is 0.325 e. The molecule has 0 bridgehead atoms. The largest absolute Gasteiger partial charge is 0.480 e. The van der Waals surface area contributed by atoms with Gasteiger partial charge in [0.15, 0.2) is 0 Å². The summed E-state index contributed by atoms with van der Waals surface area (Å²) >= 11 is 0. The van der Waals surface area contributed by atoms with Gasteiger partial charge < -0.3 is 10.4 Å². The molecule has 0 saturated heterocycles. The molecule has 0 aromatic carbocycles. The van der Waals surface area contributed by atoms with E-state index in [9.17, 15) is 4.79 Å². The van der Waals surface area contributed by atoms with Gasteiger partial charge in [0.05, 0.1) is 12.4 Å². The summed E-state index contributed by atoms with van der Waals surface area (Å²) in [7, 11) is 0. The van der Waals surface area contributed by atoms with Crippen LogP contribution in [0.15, 0.2) is 12.4 Å². The number of carboxylic acid groups (broad SMARTS) is 1. The van der Waals surface area contributed by atoms with E-state index in [1.807, 2.05) is 0 Å². The van der Waals surface area contributed by atoms with Crippen LogP contribution in [0.3, 0.4) is 0 Å². The van der Waals surface area contributed by atoms with Crippen molar-refractivity contribution in [3.8, 4) is 0 Å². The number of rotatable bonds is 3. The number of carbonyl (C=O) groups is 1. The lowest BCUT2D eigenvalue weighted by molar-refractivity contribution is -0.137. The fourth-order valence-corrected chi connectivity index (χ4v) is 0.569. The van der Waals surface area contributed by atoms with E-state index in [-0.39, 0.29) is 5.95 Å². The first-order chi connectivity index (χ1) is 5.70. The third-order valence-electron chi connectivity index (χ3n) is 1.20. The van der Waals surface area contributed by atoms with Crippen molar-refractivity contribution in [1.29, 1.82) is 0 Å². The van der Waals surface area contributed by atoms with Gasteiger partial charge in [-0.15, -0.1) is 5.10 Å². The second-order valence-corrected chi connectivity index (χ2v) is 2.17. The highest BCUT2D eigenvalue weighted by molar-refractivity contribution is 5.75. The summed E-state index contributed by atoms with van der Waals surface area (Å²) in [5, 5.41) is 18.2. The molecule has 0 saturated carbocycles. The minimum absolute atomic E-state index is 0.215. The third-order valence-corrected chi connectivity index (χ3v) is 1.20. The average Bonchev–Trinajstić information content (AvgIpc) is 2.06. The lowest BCUT2D eigenvalue weighted by atomic mass is 10.3. The summed E-state index contributed by atoms with van der Waals surface area (Å²) < 4.78 is 0. The van der Waals surface area contributed by atoms with Gasteiger partial charge in [-0.05, 0) is 6.92 Å². The summed E-state index contributed by atoms with van der Waals surface area (Å²) in [5.74, 6) is -0.741. The molecular formula is C6H8N4O2. The van der Waals surface area contributed by atoms with E-state index in [4.69, 9.17) is 5.11 Å². The maximum atomic E-state index is 10.4. The van der Waals surface area contributed by atoms with Crippen molar-refractivity contribution in [3.63, 3.8) is 0 Å². The van der Waals surface area contributed by atoms with Gasteiger partial charge in [-0.1, -0.05) is 0 Å². The van der Waals surface area contributed by atoms with Crippen LogP contribution in [0.5, 0.6) is 0 Å². The van der Waals surface area contributed by atoms with Crippen LogP contribution in [0.4, 0.5) is 5.95 Å². The van der Waals surface area contributed by atoms with Gasteiger partial charge in [-0.25, -0.2) is 4.98 Å². The van der Waals surface area contributed by atoms with Crippen molar-refractivity contribution in [2.75, 3.05) is 5.32 Å². The predicted molar refractivity (Wildman–Crippen MR) is 40.5 cm³/mol. The first-order valence-corrected chi connectivity index (χ1v) is 3.33. The van der Waals surface area contributed by atoms with Gasteiger partial charge in [-0.3, -0.25) is 4.79 Å². The second-order valence-electron chi connectivity index (χ2n) is 2.17. The Morgan fingerprint density at radius 1 is 1.67 bits per heavy atom. The smallest absolute Gasteiger partial charge is 0.325 e. The topological polar surface area (TPSA) is 88.0 Å². The Kier molecular flexibility index (Phi) is 2.52. The molecule has 12 heavy (non-hydrogen) atoms. The van der Waals surface area contributed by atoms with Gasteiger partial charge in [-0.2, -0.15) is 5.10 Å². The zero-order chi connectivity index (χ0) is 8.97. The SMILES string of the molecule is CC(Nc1nccnn1)C(=O)O. The molecule has 0 aliphatic carbocycles. The highest BCUT2D eigenvalue weighted by Crippen LogP contribution is 1.95. The fourth-order valence-electron chi connectivity index (χ4n) is 0.569. The number of nitrogens with zero attached hydrogens (tertiary/aromatic N) is 3. The molecule has 0 amide bonds. The van der Waals surface area contributed by atoms with Crippen LogP contribution in [0.2, 0.25) is 0 Å². The van der Waals surface area contributed by atoms with E-state index in [0.717, 1.165) is 0 Å². The van der Waals surface area contributed by atoms with Crippen LogP contribution in [0.25, 0.3) is 0 Å². The molecule has 0 spiro atoms. The fraction of sp³-hybridized carbons (Fsp3) is 0.333. The molecule has 0 aliphatic heterocycles. The first kappa shape index (κ1) is 8.38. The predicted octanol–water partition coefficient (Wildman–Crippen LogP) is -0.243. The minimum atomic E-state index is -0.956. The zero-order valence-electron chi connectivity index (χ0n) is 6.43. The average molecular weight is 168 g/mol. The molecule has 0 radical (unpaired) electrons. The molecule has 1 atom stereocenters. The molecule has 1 aromatic rings. The van der Waals surface area contributed by atoms with E-state index in [1.54, 1.807) is 0 Å². The minimum Gasteiger partial charge on any atom is -0.480 e. The number of carboxylic acids is 1. The number of hydrogen-bond acceptors (Lipinski definition) is 5. The molecule has 1 rings (SSSR count). The quantitative estimate of drug-likeness (QED) is 0.647. The molecule has 0 aliphatic rings. The highest BCUT2D eigenvalue weighted by atomic mass is 16.4. The van der Waals surface area contributed by atoms with Crippen LogP contribution in [0.1, 0.15) is 6.92 Å². The van der Waals surface area contributed by atoms with Crippen LogP contribution in [-0.2, 0) is 4.79 Å². The van der Waals surface area contributed by atoms with Crippen molar-refractivity contribution in [1.82, 2.24) is 15.2 Å². The van der Waals surface area contributed by atoms with Gasteiger partial charge in [0.1, 0.15) is 6.04 Å². The monoisotopic (exact) mass is 168 g/mol. The molecule has 64 valence electrons. The third kappa shape index (κ3) is 2.15. The lowest BCUT2D eigenvalue weighted by Gasteiger charge is -2.06. The lowest BCUT2D eigenvalue weighted by Crippen LogP contribution is -2.26. The number of aromatic nitrogens is 3. The number of hydrogen-bond donors (Lipinski definition) is 2. The van der Waals surface area contributed by atoms with Crippen LogP contribution < -0.4 is 5.32 Å². The van der Waals surface area contributed by atoms with E-state index >= 15 is 0 Å². The Hall–Kier alpha value is -1.72. The molecular weight excluding hydrogens is 160 g/mol. The Bertz CT molecular complexity index is 264. The van der Waals surface area contributed by atoms with Crippen LogP contribution >= 0.6 is 0 Å². The molecule has 2 N–H and O–H groups in total. The van der Waals surface area contributed by atoms with Crippen molar-refractivity contribution in [3.05, 3.63) is 12.4 Å². The number of anilines is 1. The summed E-state index contributed by atoms with van der Waals surface area (Å²) in [6.45, 7) is 1.50. The van der Waals surface area contributed by atoms with Gasteiger partial charge in [0, 0.05) is 0 Å². The van der Waals surface area contributed by atoms with E-state index in [1.165, 1.54) is 19.3 Å². The van der Waals surface area contributed by atoms with Crippen molar-refractivity contribution in [2.45, 2.75) is 13.0 Å². The Balaban J connectivity index is 2.58. The summed E-state index contributed by atoms with van der Waals surface area (Å²) in [6, 6.07) is -0.714.